The second-order valence-electron chi connectivity index (χ2n) is 2.93. The Bertz CT molecular complexity index is 551. The third-order valence-electron chi connectivity index (χ3n) is 1.88. The lowest BCUT2D eigenvalue weighted by molar-refractivity contribution is 1.01. The summed E-state index contributed by atoms with van der Waals surface area (Å²) >= 11 is 0. The van der Waals surface area contributed by atoms with Crippen molar-refractivity contribution >= 4 is 0 Å². The average Bonchev–Trinajstić information content (AvgIpc) is 2.90. The molecule has 9 nitrogen and oxygen atoms in total. The third-order valence-corrected chi connectivity index (χ3v) is 1.88. The molecule has 1 N–H and O–H groups in total. The molecule has 0 bridgehead atoms. The first kappa shape index (κ1) is 9.39. The molecule has 0 aliphatic carbocycles. The van der Waals surface area contributed by atoms with Gasteiger partial charge in [-0.2, -0.15) is 0 Å². The Morgan fingerprint density at radius 1 is 0.706 bits per heavy atom. The van der Waals surface area contributed by atoms with E-state index in [9.17, 15) is 0 Å². The van der Waals surface area contributed by atoms with Crippen LogP contribution in [0.2, 0.25) is 0 Å². The van der Waals surface area contributed by atoms with Crippen LogP contribution in [0.1, 0.15) is 0 Å². The van der Waals surface area contributed by atoms with Crippen molar-refractivity contribution in [3.05, 3.63) is 25.3 Å². The van der Waals surface area contributed by atoms with E-state index in [0.29, 0.717) is 23.3 Å². The maximum atomic E-state index is 4.18. The van der Waals surface area contributed by atoms with E-state index in [-0.39, 0.29) is 0 Å². The van der Waals surface area contributed by atoms with Crippen LogP contribution in [-0.4, -0.2) is 45.1 Å². The Kier molecular flexibility index (Phi) is 2.19. The zero-order chi connectivity index (χ0) is 11.5. The first-order valence-electron chi connectivity index (χ1n) is 4.60. The predicted molar refractivity (Wildman–Crippen MR) is 54.0 cm³/mol. The van der Waals surface area contributed by atoms with Gasteiger partial charge in [-0.1, -0.05) is 0 Å². The Balaban J connectivity index is 1.99. The van der Waals surface area contributed by atoms with Crippen LogP contribution in [0.3, 0.4) is 0 Å². The van der Waals surface area contributed by atoms with E-state index in [4.69, 9.17) is 0 Å². The van der Waals surface area contributed by atoms with Gasteiger partial charge in [0.2, 0.25) is 11.6 Å². The minimum Gasteiger partial charge on any atom is -0.256 e. The molecule has 0 radical (unpaired) electrons. The molecule has 0 saturated heterocycles. The van der Waals surface area contributed by atoms with Crippen LogP contribution in [-0.2, 0) is 0 Å². The SMILES string of the molecule is c1ncnc(-c2n[nH]c(-c3ncncn3)n2)n1. The van der Waals surface area contributed by atoms with E-state index in [1.165, 1.54) is 25.3 Å². The molecule has 9 heteroatoms. The standard InChI is InChI=1S/C8H5N9/c1-9-2-12-5(11-1)7-15-8(17-16-7)6-13-3-10-4-14-6/h1-4H,(H,15,16,17). The van der Waals surface area contributed by atoms with E-state index < -0.39 is 0 Å². The average molecular weight is 227 g/mol. The highest BCUT2D eigenvalue weighted by atomic mass is 15.2. The zero-order valence-corrected chi connectivity index (χ0v) is 8.39. The molecule has 0 atom stereocenters. The van der Waals surface area contributed by atoms with Gasteiger partial charge in [0.15, 0.2) is 11.6 Å². The van der Waals surface area contributed by atoms with Gasteiger partial charge in [-0.3, -0.25) is 5.10 Å². The molecule has 0 fully saturated rings. The summed E-state index contributed by atoms with van der Waals surface area (Å²) in [5, 5.41) is 6.68. The zero-order valence-electron chi connectivity index (χ0n) is 8.39. The summed E-state index contributed by atoms with van der Waals surface area (Å²) in [5.74, 6) is 1.59. The van der Waals surface area contributed by atoms with Gasteiger partial charge in [0.1, 0.15) is 25.3 Å². The van der Waals surface area contributed by atoms with Crippen molar-refractivity contribution in [2.45, 2.75) is 0 Å². The van der Waals surface area contributed by atoms with Crippen LogP contribution in [0.25, 0.3) is 23.3 Å². The lowest BCUT2D eigenvalue weighted by Gasteiger charge is -1.90. The van der Waals surface area contributed by atoms with Crippen molar-refractivity contribution in [2.24, 2.45) is 0 Å². The Hall–Kier alpha value is -2.84. The molecule has 17 heavy (non-hydrogen) atoms. The Labute approximate surface area is 94.5 Å². The summed E-state index contributed by atoms with van der Waals surface area (Å²) < 4.78 is 0. The van der Waals surface area contributed by atoms with Crippen molar-refractivity contribution in [1.82, 2.24) is 45.1 Å². The molecule has 0 aromatic carbocycles. The van der Waals surface area contributed by atoms with Gasteiger partial charge in [0.05, 0.1) is 0 Å². The van der Waals surface area contributed by atoms with Crippen LogP contribution >= 0.6 is 0 Å². The number of H-pyrrole nitrogens is 1. The summed E-state index contributed by atoms with van der Waals surface area (Å²) in [4.78, 5) is 27.4. The summed E-state index contributed by atoms with van der Waals surface area (Å²) in [7, 11) is 0. The molecule has 3 rings (SSSR count). The van der Waals surface area contributed by atoms with Crippen LogP contribution in [0.15, 0.2) is 25.3 Å². The van der Waals surface area contributed by atoms with Crippen LogP contribution in [0, 0.1) is 0 Å². The highest BCUT2D eigenvalue weighted by Gasteiger charge is 2.10. The van der Waals surface area contributed by atoms with Crippen molar-refractivity contribution in [1.29, 1.82) is 0 Å². The number of hydrogen-bond acceptors (Lipinski definition) is 8. The molecule has 3 heterocycles. The molecule has 0 aliphatic rings. The van der Waals surface area contributed by atoms with E-state index >= 15 is 0 Å². The fourth-order valence-electron chi connectivity index (χ4n) is 1.18. The van der Waals surface area contributed by atoms with Crippen LogP contribution in [0.4, 0.5) is 0 Å². The summed E-state index contributed by atoms with van der Waals surface area (Å²) in [5.41, 5.74) is 0. The van der Waals surface area contributed by atoms with Gasteiger partial charge in [-0.15, -0.1) is 5.10 Å². The smallest absolute Gasteiger partial charge is 0.219 e. The van der Waals surface area contributed by atoms with E-state index in [2.05, 4.69) is 45.1 Å². The van der Waals surface area contributed by atoms with Crippen molar-refractivity contribution < 1.29 is 0 Å². The largest absolute Gasteiger partial charge is 0.256 e. The number of hydrogen-bond donors (Lipinski definition) is 1. The van der Waals surface area contributed by atoms with Crippen molar-refractivity contribution in [3.8, 4) is 23.3 Å². The fourth-order valence-corrected chi connectivity index (χ4v) is 1.18. The molecule has 0 spiro atoms. The lowest BCUT2D eigenvalue weighted by Crippen LogP contribution is -1.92. The quantitative estimate of drug-likeness (QED) is 0.622. The molecule has 0 saturated carbocycles. The monoisotopic (exact) mass is 227 g/mol. The third kappa shape index (κ3) is 1.80. The Morgan fingerprint density at radius 2 is 1.29 bits per heavy atom. The van der Waals surface area contributed by atoms with E-state index in [1.807, 2.05) is 0 Å². The molecular formula is C8H5N9. The fraction of sp³-hybridized carbons (Fsp3) is 0. The summed E-state index contributed by atoms with van der Waals surface area (Å²) in [6.07, 6.45) is 5.52. The lowest BCUT2D eigenvalue weighted by atomic mass is 10.5. The molecule has 82 valence electrons. The highest BCUT2D eigenvalue weighted by molar-refractivity contribution is 5.49. The number of nitrogens with zero attached hydrogens (tertiary/aromatic N) is 8. The maximum Gasteiger partial charge on any atom is 0.219 e. The van der Waals surface area contributed by atoms with Crippen molar-refractivity contribution in [2.75, 3.05) is 0 Å². The van der Waals surface area contributed by atoms with Gasteiger partial charge in [-0.25, -0.2) is 34.9 Å². The predicted octanol–water partition coefficient (Wildman–Crippen LogP) is -0.491. The number of nitrogens with one attached hydrogen (secondary N) is 1. The number of rotatable bonds is 2. The first-order chi connectivity index (χ1) is 8.43. The van der Waals surface area contributed by atoms with Crippen molar-refractivity contribution in [3.63, 3.8) is 0 Å². The van der Waals surface area contributed by atoms with Crippen LogP contribution in [0.5, 0.6) is 0 Å². The van der Waals surface area contributed by atoms with E-state index in [0.717, 1.165) is 0 Å². The number of aromatic nitrogens is 9. The summed E-state index contributed by atoms with van der Waals surface area (Å²) in [6.45, 7) is 0. The minimum atomic E-state index is 0.364. The molecule has 0 aliphatic heterocycles. The Morgan fingerprint density at radius 3 is 1.94 bits per heavy atom. The molecule has 3 aromatic heterocycles. The molecule has 0 amide bonds. The number of aromatic amines is 1. The van der Waals surface area contributed by atoms with Gasteiger partial charge in [-0.05, 0) is 0 Å². The first-order valence-corrected chi connectivity index (χ1v) is 4.60. The van der Waals surface area contributed by atoms with Gasteiger partial charge >= 0.3 is 0 Å². The molecular weight excluding hydrogens is 222 g/mol. The van der Waals surface area contributed by atoms with Gasteiger partial charge in [0, 0.05) is 0 Å². The normalized spacial score (nSPS) is 10.4. The summed E-state index contributed by atoms with van der Waals surface area (Å²) in [6, 6.07) is 0. The maximum absolute atomic E-state index is 4.18. The molecule has 3 aromatic rings. The van der Waals surface area contributed by atoms with E-state index in [1.54, 1.807) is 0 Å². The second-order valence-corrected chi connectivity index (χ2v) is 2.93. The highest BCUT2D eigenvalue weighted by Crippen LogP contribution is 2.11. The van der Waals surface area contributed by atoms with Crippen LogP contribution < -0.4 is 0 Å². The molecule has 0 unspecified atom stereocenters. The van der Waals surface area contributed by atoms with Gasteiger partial charge in [0.25, 0.3) is 0 Å². The minimum absolute atomic E-state index is 0.364. The topological polar surface area (TPSA) is 119 Å². The van der Waals surface area contributed by atoms with Gasteiger partial charge < -0.3 is 0 Å². The second kappa shape index (κ2) is 3.96.